The van der Waals surface area contributed by atoms with Crippen molar-refractivity contribution >= 4 is 15.7 Å². The number of hydrogen-bond donors (Lipinski definition) is 0. The van der Waals surface area contributed by atoms with Crippen LogP contribution < -0.4 is 0 Å². The highest BCUT2D eigenvalue weighted by Crippen LogP contribution is 2.28. The molecule has 0 heterocycles. The average molecular weight is 376 g/mol. The van der Waals surface area contributed by atoms with E-state index in [-0.39, 0.29) is 23.2 Å². The van der Waals surface area contributed by atoms with E-state index in [4.69, 9.17) is 0 Å². The maximum absolute atomic E-state index is 13.2. The predicted molar refractivity (Wildman–Crippen MR) is 102 cm³/mol. The number of hydrogen-bond acceptors (Lipinski definition) is 4. The van der Waals surface area contributed by atoms with Crippen molar-refractivity contribution in [1.29, 1.82) is 0 Å². The minimum atomic E-state index is -3.98. The molecule has 1 atom stereocenters. The van der Waals surface area contributed by atoms with Crippen molar-refractivity contribution in [2.45, 2.75) is 44.0 Å². The Morgan fingerprint density at radius 1 is 1.08 bits per heavy atom. The first-order valence-corrected chi connectivity index (χ1v) is 10.1. The Morgan fingerprint density at radius 2 is 1.69 bits per heavy atom. The number of benzene rings is 2. The largest absolute Gasteiger partial charge is 0.289 e. The molecule has 6 nitrogen and oxygen atoms in total. The molecule has 0 aliphatic rings. The van der Waals surface area contributed by atoms with Crippen LogP contribution in [0, 0.1) is 10.1 Å². The summed E-state index contributed by atoms with van der Waals surface area (Å²) in [7, 11) is -3.98. The lowest BCUT2D eigenvalue weighted by Gasteiger charge is -2.28. The van der Waals surface area contributed by atoms with Crippen molar-refractivity contribution in [2.24, 2.45) is 0 Å². The van der Waals surface area contributed by atoms with E-state index in [0.29, 0.717) is 12.8 Å². The van der Waals surface area contributed by atoms with Gasteiger partial charge in [-0.05, 0) is 31.4 Å². The van der Waals surface area contributed by atoms with Crippen LogP contribution in [-0.4, -0.2) is 30.2 Å². The van der Waals surface area contributed by atoms with Gasteiger partial charge in [-0.1, -0.05) is 55.8 Å². The zero-order valence-electron chi connectivity index (χ0n) is 15.0. The number of nitro benzene ring substituents is 1. The average Bonchev–Trinajstić information content (AvgIpc) is 2.62. The summed E-state index contributed by atoms with van der Waals surface area (Å²) in [5.41, 5.74) is 0.639. The predicted octanol–water partition coefficient (Wildman–Crippen LogP) is 4.02. The second-order valence-corrected chi connectivity index (χ2v) is 8.07. The topological polar surface area (TPSA) is 80.5 Å². The molecule has 0 N–H and O–H groups in total. The number of para-hydroxylation sites is 1. The summed E-state index contributed by atoms with van der Waals surface area (Å²) in [5.74, 6) is 0. The van der Waals surface area contributed by atoms with Gasteiger partial charge in [0.05, 0.1) is 4.92 Å². The maximum atomic E-state index is 13.2. The Bertz CT molecular complexity index is 838. The Labute approximate surface area is 154 Å². The summed E-state index contributed by atoms with van der Waals surface area (Å²) >= 11 is 0. The van der Waals surface area contributed by atoms with Gasteiger partial charge in [-0.3, -0.25) is 10.1 Å². The van der Waals surface area contributed by atoms with Gasteiger partial charge < -0.3 is 0 Å². The number of nitro groups is 1. The molecule has 2 aromatic rings. The molecular weight excluding hydrogens is 352 g/mol. The van der Waals surface area contributed by atoms with Crippen LogP contribution in [0.3, 0.4) is 0 Å². The molecule has 0 bridgehead atoms. The zero-order chi connectivity index (χ0) is 19.2. The van der Waals surface area contributed by atoms with E-state index in [0.717, 1.165) is 12.0 Å². The van der Waals surface area contributed by atoms with Gasteiger partial charge in [0, 0.05) is 18.7 Å². The molecule has 0 aliphatic heterocycles. The van der Waals surface area contributed by atoms with Crippen LogP contribution in [-0.2, 0) is 16.4 Å². The molecule has 1 unspecified atom stereocenters. The third kappa shape index (κ3) is 4.68. The second-order valence-electron chi connectivity index (χ2n) is 6.21. The van der Waals surface area contributed by atoms with Gasteiger partial charge >= 0.3 is 0 Å². The molecule has 2 rings (SSSR count). The van der Waals surface area contributed by atoms with Crippen molar-refractivity contribution in [3.63, 3.8) is 0 Å². The number of nitrogens with zero attached hydrogens (tertiary/aromatic N) is 2. The first kappa shape index (κ1) is 20.1. The summed E-state index contributed by atoms with van der Waals surface area (Å²) in [6.07, 6.45) is 2.07. The smallest absolute Gasteiger partial charge is 0.258 e. The molecule has 0 radical (unpaired) electrons. The van der Waals surface area contributed by atoms with E-state index in [1.165, 1.54) is 28.6 Å². The van der Waals surface area contributed by atoms with Gasteiger partial charge in [0.25, 0.3) is 5.69 Å². The molecule has 0 amide bonds. The molecule has 0 fully saturated rings. The van der Waals surface area contributed by atoms with Crippen LogP contribution in [0.5, 0.6) is 0 Å². The number of rotatable bonds is 9. The van der Waals surface area contributed by atoms with Crippen molar-refractivity contribution in [3.8, 4) is 0 Å². The molecule has 0 aliphatic carbocycles. The van der Waals surface area contributed by atoms with Gasteiger partial charge in [0.15, 0.2) is 4.90 Å². The van der Waals surface area contributed by atoms with Crippen LogP contribution >= 0.6 is 0 Å². The van der Waals surface area contributed by atoms with E-state index in [1.54, 1.807) is 0 Å². The lowest BCUT2D eigenvalue weighted by atomic mass is 10.1. The Balaban J connectivity index is 2.38. The molecule has 2 aromatic carbocycles. The molecule has 0 aromatic heterocycles. The Kier molecular flexibility index (Phi) is 6.88. The van der Waals surface area contributed by atoms with Crippen molar-refractivity contribution in [3.05, 3.63) is 70.3 Å². The summed E-state index contributed by atoms with van der Waals surface area (Å²) < 4.78 is 27.8. The normalized spacial score (nSPS) is 12.9. The Hall–Kier alpha value is -2.25. The first-order valence-electron chi connectivity index (χ1n) is 8.67. The molecule has 140 valence electrons. The standard InChI is InChI=1S/C19H24N2O4S/c1-3-9-16(2)20(15-14-17-10-5-4-6-11-17)26(24,25)19-13-8-7-12-18(19)21(22)23/h4-8,10-13,16H,3,9,14-15H2,1-2H3. The third-order valence-corrected chi connectivity index (χ3v) is 6.37. The van der Waals surface area contributed by atoms with Crippen LogP contribution in [0.4, 0.5) is 5.69 Å². The van der Waals surface area contributed by atoms with E-state index in [1.807, 2.05) is 44.2 Å². The Morgan fingerprint density at radius 3 is 2.31 bits per heavy atom. The second kappa shape index (κ2) is 8.91. The van der Waals surface area contributed by atoms with Gasteiger partial charge in [0.1, 0.15) is 0 Å². The summed E-state index contributed by atoms with van der Waals surface area (Å²) in [6, 6.07) is 14.9. The van der Waals surface area contributed by atoms with Crippen molar-refractivity contribution < 1.29 is 13.3 Å². The first-order chi connectivity index (χ1) is 12.4. The van der Waals surface area contributed by atoms with Crippen molar-refractivity contribution in [2.75, 3.05) is 6.54 Å². The van der Waals surface area contributed by atoms with E-state index in [9.17, 15) is 18.5 Å². The minimum Gasteiger partial charge on any atom is -0.258 e. The SMILES string of the molecule is CCCC(C)N(CCc1ccccc1)S(=O)(=O)c1ccccc1[N+](=O)[O-]. The van der Waals surface area contributed by atoms with E-state index < -0.39 is 14.9 Å². The maximum Gasteiger partial charge on any atom is 0.289 e. The molecule has 0 saturated carbocycles. The molecule has 0 spiro atoms. The molecular formula is C19H24N2O4S. The van der Waals surface area contributed by atoms with Crippen molar-refractivity contribution in [1.82, 2.24) is 4.31 Å². The van der Waals surface area contributed by atoms with Crippen LogP contribution in [0.1, 0.15) is 32.3 Å². The van der Waals surface area contributed by atoms with Gasteiger partial charge in [-0.2, -0.15) is 4.31 Å². The van der Waals surface area contributed by atoms with Crippen LogP contribution in [0.2, 0.25) is 0 Å². The fourth-order valence-electron chi connectivity index (χ4n) is 2.98. The molecule has 26 heavy (non-hydrogen) atoms. The molecule has 0 saturated heterocycles. The monoisotopic (exact) mass is 376 g/mol. The highest BCUT2D eigenvalue weighted by Gasteiger charge is 2.33. The van der Waals surface area contributed by atoms with E-state index >= 15 is 0 Å². The van der Waals surface area contributed by atoms with Crippen LogP contribution in [0.15, 0.2) is 59.5 Å². The highest BCUT2D eigenvalue weighted by atomic mass is 32.2. The van der Waals surface area contributed by atoms with Gasteiger partial charge in [0.2, 0.25) is 10.0 Å². The summed E-state index contributed by atoms with van der Waals surface area (Å²) in [4.78, 5) is 10.4. The summed E-state index contributed by atoms with van der Waals surface area (Å²) in [6.45, 7) is 4.11. The van der Waals surface area contributed by atoms with Gasteiger partial charge in [-0.15, -0.1) is 0 Å². The summed E-state index contributed by atoms with van der Waals surface area (Å²) in [5, 5.41) is 11.3. The lowest BCUT2D eigenvalue weighted by molar-refractivity contribution is -0.387. The fourth-order valence-corrected chi connectivity index (χ4v) is 4.80. The lowest BCUT2D eigenvalue weighted by Crippen LogP contribution is -2.40. The molecule has 7 heteroatoms. The fraction of sp³-hybridized carbons (Fsp3) is 0.368. The zero-order valence-corrected chi connectivity index (χ0v) is 15.9. The van der Waals surface area contributed by atoms with E-state index in [2.05, 4.69) is 0 Å². The van der Waals surface area contributed by atoms with Crippen LogP contribution in [0.25, 0.3) is 0 Å². The number of sulfonamides is 1. The quantitative estimate of drug-likeness (QED) is 0.489. The minimum absolute atomic E-state index is 0.242. The highest BCUT2D eigenvalue weighted by molar-refractivity contribution is 7.89. The third-order valence-electron chi connectivity index (χ3n) is 4.31. The van der Waals surface area contributed by atoms with Gasteiger partial charge in [-0.25, -0.2) is 8.42 Å².